The fourth-order valence-corrected chi connectivity index (χ4v) is 5.57. The number of para-hydroxylation sites is 4. The summed E-state index contributed by atoms with van der Waals surface area (Å²) >= 11 is 0. The molecule has 146 valence electrons. The van der Waals surface area contributed by atoms with Crippen LogP contribution in [0.15, 0.2) is 48.5 Å². The van der Waals surface area contributed by atoms with Crippen LogP contribution in [0, 0.1) is 0 Å². The highest BCUT2D eigenvalue weighted by Crippen LogP contribution is 2.24. The van der Waals surface area contributed by atoms with Crippen LogP contribution in [-0.4, -0.2) is 31.4 Å². The lowest BCUT2D eigenvalue weighted by molar-refractivity contribution is 0.770. The fourth-order valence-electron chi connectivity index (χ4n) is 3.27. The van der Waals surface area contributed by atoms with E-state index in [4.69, 9.17) is 0 Å². The van der Waals surface area contributed by atoms with E-state index < -0.39 is 0 Å². The lowest BCUT2D eigenvalue weighted by Crippen LogP contribution is -1.90. The van der Waals surface area contributed by atoms with Crippen molar-refractivity contribution in [2.75, 3.05) is 11.5 Å². The largest absolute Gasteiger partial charge is 0.342 e. The van der Waals surface area contributed by atoms with Gasteiger partial charge in [0.1, 0.15) is 11.6 Å². The van der Waals surface area contributed by atoms with Crippen LogP contribution in [0.1, 0.15) is 37.3 Å². The Morgan fingerprint density at radius 3 is 1.54 bits per heavy atom. The Bertz CT molecular complexity index is 860. The van der Waals surface area contributed by atoms with Crippen LogP contribution in [0.25, 0.3) is 22.1 Å². The Morgan fingerprint density at radius 2 is 1.07 bits per heavy atom. The number of rotatable bonds is 11. The van der Waals surface area contributed by atoms with E-state index in [0.717, 1.165) is 46.6 Å². The van der Waals surface area contributed by atoms with Gasteiger partial charge in [0.05, 0.1) is 22.1 Å². The van der Waals surface area contributed by atoms with E-state index in [1.165, 1.54) is 37.2 Å². The molecule has 0 spiro atoms. The third-order valence-corrected chi connectivity index (χ3v) is 7.32. The third-order valence-electron chi connectivity index (χ3n) is 4.74. The lowest BCUT2D eigenvalue weighted by atomic mass is 10.2. The van der Waals surface area contributed by atoms with Crippen molar-refractivity contribution in [3.63, 3.8) is 0 Å². The van der Waals surface area contributed by atoms with Crippen LogP contribution in [0.3, 0.4) is 0 Å². The summed E-state index contributed by atoms with van der Waals surface area (Å²) in [6, 6.07) is 16.5. The van der Waals surface area contributed by atoms with Gasteiger partial charge in [0.2, 0.25) is 0 Å². The number of H-pyrrole nitrogens is 2. The molecule has 0 radical (unpaired) electrons. The molecule has 6 heteroatoms. The maximum Gasteiger partial charge on any atom is 0.107 e. The third kappa shape index (κ3) is 5.32. The molecule has 4 nitrogen and oxygen atoms in total. The minimum atomic E-state index is 1.04. The van der Waals surface area contributed by atoms with Gasteiger partial charge in [-0.1, -0.05) is 45.9 Å². The second-order valence-electron chi connectivity index (χ2n) is 6.96. The smallest absolute Gasteiger partial charge is 0.107 e. The summed E-state index contributed by atoms with van der Waals surface area (Å²) in [6.45, 7) is 0. The van der Waals surface area contributed by atoms with Crippen molar-refractivity contribution >= 4 is 43.7 Å². The summed E-state index contributed by atoms with van der Waals surface area (Å²) in [7, 11) is 4.01. The quantitative estimate of drug-likeness (QED) is 0.229. The number of unbranched alkanes of at least 4 members (excludes halogenated alkanes) is 2. The molecular weight excluding hydrogens is 384 g/mol. The van der Waals surface area contributed by atoms with E-state index in [9.17, 15) is 0 Å². The maximum absolute atomic E-state index is 4.64. The van der Waals surface area contributed by atoms with Crippen LogP contribution in [-0.2, 0) is 12.8 Å². The van der Waals surface area contributed by atoms with E-state index >= 15 is 0 Å². The number of imidazole rings is 2. The van der Waals surface area contributed by atoms with Gasteiger partial charge in [0, 0.05) is 24.3 Å². The normalized spacial score (nSPS) is 11.6. The molecule has 2 aromatic heterocycles. The molecule has 4 rings (SSSR count). The Labute approximate surface area is 173 Å². The van der Waals surface area contributed by atoms with Gasteiger partial charge in [-0.25, -0.2) is 9.97 Å². The molecule has 0 bridgehead atoms. The van der Waals surface area contributed by atoms with Crippen molar-refractivity contribution in [1.82, 2.24) is 19.9 Å². The first-order chi connectivity index (χ1) is 13.9. The minimum absolute atomic E-state index is 1.04. The first kappa shape index (κ1) is 19.4. The van der Waals surface area contributed by atoms with E-state index in [1.54, 1.807) is 0 Å². The average molecular weight is 411 g/mol. The number of aryl methyl sites for hydroxylation is 2. The molecule has 0 saturated heterocycles. The highest BCUT2D eigenvalue weighted by molar-refractivity contribution is 8.76. The summed E-state index contributed by atoms with van der Waals surface area (Å²) in [6.07, 6.45) is 6.95. The molecule has 0 atom stereocenters. The molecule has 0 saturated carbocycles. The summed E-state index contributed by atoms with van der Waals surface area (Å²) < 4.78 is 0. The number of aromatic nitrogens is 4. The molecule has 28 heavy (non-hydrogen) atoms. The van der Waals surface area contributed by atoms with Crippen LogP contribution >= 0.6 is 21.6 Å². The zero-order valence-corrected chi connectivity index (χ0v) is 17.6. The predicted molar refractivity (Wildman–Crippen MR) is 123 cm³/mol. The summed E-state index contributed by atoms with van der Waals surface area (Å²) in [5, 5.41) is 0. The summed E-state index contributed by atoms with van der Waals surface area (Å²) in [5.74, 6) is 4.66. The van der Waals surface area contributed by atoms with Gasteiger partial charge in [-0.2, -0.15) is 0 Å². The predicted octanol–water partition coefficient (Wildman–Crippen LogP) is 6.17. The van der Waals surface area contributed by atoms with Crippen molar-refractivity contribution in [3.05, 3.63) is 60.2 Å². The standard InChI is InChI=1S/C22H26N4S2/c1-2-10-18-17(9-1)23-21(24-18)13-5-7-15-27-28-16-8-6-14-22-25-19-11-3-4-12-20(19)26-22/h1-4,9-12H,5-8,13-16H2,(H,23,24)(H,25,26). The number of hydrogen-bond donors (Lipinski definition) is 2. The van der Waals surface area contributed by atoms with Crippen LogP contribution < -0.4 is 0 Å². The molecule has 0 fully saturated rings. The van der Waals surface area contributed by atoms with Crippen molar-refractivity contribution in [1.29, 1.82) is 0 Å². The van der Waals surface area contributed by atoms with E-state index in [0.29, 0.717) is 0 Å². The van der Waals surface area contributed by atoms with Gasteiger partial charge < -0.3 is 9.97 Å². The van der Waals surface area contributed by atoms with Crippen molar-refractivity contribution < 1.29 is 0 Å². The number of nitrogens with zero attached hydrogens (tertiary/aromatic N) is 2. The number of aromatic amines is 2. The second-order valence-corrected chi connectivity index (χ2v) is 9.66. The van der Waals surface area contributed by atoms with Gasteiger partial charge in [-0.15, -0.1) is 0 Å². The Morgan fingerprint density at radius 1 is 0.607 bits per heavy atom. The monoisotopic (exact) mass is 410 g/mol. The first-order valence-electron chi connectivity index (χ1n) is 10.0. The van der Waals surface area contributed by atoms with Gasteiger partial charge in [0.15, 0.2) is 0 Å². The van der Waals surface area contributed by atoms with Gasteiger partial charge in [0.25, 0.3) is 0 Å². The molecule has 2 aromatic carbocycles. The fraction of sp³-hybridized carbons (Fsp3) is 0.364. The maximum atomic E-state index is 4.64. The molecule has 0 aliphatic rings. The topological polar surface area (TPSA) is 57.4 Å². The number of benzene rings is 2. The summed E-state index contributed by atoms with van der Waals surface area (Å²) in [5.41, 5.74) is 4.44. The highest BCUT2D eigenvalue weighted by atomic mass is 33.1. The van der Waals surface area contributed by atoms with E-state index in [-0.39, 0.29) is 0 Å². The zero-order valence-electron chi connectivity index (χ0n) is 16.0. The second kappa shape index (κ2) is 10.0. The van der Waals surface area contributed by atoms with Crippen molar-refractivity contribution in [3.8, 4) is 0 Å². The van der Waals surface area contributed by atoms with Gasteiger partial charge in [-0.3, -0.25) is 0 Å². The molecule has 4 aromatic rings. The highest BCUT2D eigenvalue weighted by Gasteiger charge is 2.03. The zero-order chi connectivity index (χ0) is 19.0. The molecule has 0 amide bonds. The van der Waals surface area contributed by atoms with Crippen LogP contribution in [0.4, 0.5) is 0 Å². The molecular formula is C22H26N4S2. The minimum Gasteiger partial charge on any atom is -0.342 e. The van der Waals surface area contributed by atoms with Crippen molar-refractivity contribution in [2.45, 2.75) is 38.5 Å². The van der Waals surface area contributed by atoms with Gasteiger partial charge >= 0.3 is 0 Å². The van der Waals surface area contributed by atoms with E-state index in [2.05, 4.69) is 56.3 Å². The Balaban J connectivity index is 1.03. The molecule has 0 unspecified atom stereocenters. The van der Waals surface area contributed by atoms with E-state index in [1.807, 2.05) is 33.7 Å². The molecule has 2 heterocycles. The van der Waals surface area contributed by atoms with Crippen molar-refractivity contribution in [2.24, 2.45) is 0 Å². The first-order valence-corrected chi connectivity index (χ1v) is 12.5. The Kier molecular flexibility index (Phi) is 6.95. The number of fused-ring (bicyclic) bond motifs is 2. The molecule has 0 aliphatic heterocycles. The number of nitrogens with one attached hydrogen (secondary N) is 2. The molecule has 2 N–H and O–H groups in total. The molecule has 0 aliphatic carbocycles. The van der Waals surface area contributed by atoms with Crippen LogP contribution in [0.2, 0.25) is 0 Å². The average Bonchev–Trinajstić information content (AvgIpc) is 3.32. The SMILES string of the molecule is c1ccc2[nH]c(CCCCSSCCCCc3nc4ccccc4[nH]3)nc2c1. The summed E-state index contributed by atoms with van der Waals surface area (Å²) in [4.78, 5) is 16.1. The van der Waals surface area contributed by atoms with Gasteiger partial charge in [-0.05, 0) is 49.9 Å². The number of hydrogen-bond acceptors (Lipinski definition) is 4. The van der Waals surface area contributed by atoms with Crippen LogP contribution in [0.5, 0.6) is 0 Å². The Hall–Kier alpha value is -1.92. The lowest BCUT2D eigenvalue weighted by Gasteiger charge is -2.01.